The van der Waals surface area contributed by atoms with Gasteiger partial charge in [-0.25, -0.2) is 0 Å². The van der Waals surface area contributed by atoms with Gasteiger partial charge in [0.15, 0.2) is 0 Å². The SMILES string of the molecule is CC.CCCC(O)Cc1ccc(N)c(CN)c1. The number of hydrogen-bond acceptors (Lipinski definition) is 3. The van der Waals surface area contributed by atoms with Crippen molar-refractivity contribution in [2.24, 2.45) is 5.73 Å². The average molecular weight is 238 g/mol. The summed E-state index contributed by atoms with van der Waals surface area (Å²) in [6.45, 7) is 6.51. The van der Waals surface area contributed by atoms with Crippen molar-refractivity contribution in [2.45, 2.75) is 52.7 Å². The van der Waals surface area contributed by atoms with Crippen molar-refractivity contribution in [1.29, 1.82) is 0 Å². The van der Waals surface area contributed by atoms with Crippen LogP contribution in [0.3, 0.4) is 0 Å². The van der Waals surface area contributed by atoms with Crippen molar-refractivity contribution >= 4 is 5.69 Å². The monoisotopic (exact) mass is 238 g/mol. The van der Waals surface area contributed by atoms with E-state index in [1.807, 2.05) is 32.0 Å². The van der Waals surface area contributed by atoms with Gasteiger partial charge in [-0.1, -0.05) is 39.3 Å². The maximum Gasteiger partial charge on any atom is 0.0580 e. The van der Waals surface area contributed by atoms with Gasteiger partial charge in [-0.05, 0) is 30.0 Å². The van der Waals surface area contributed by atoms with Crippen LogP contribution in [0, 0.1) is 0 Å². The Morgan fingerprint density at radius 3 is 2.47 bits per heavy atom. The van der Waals surface area contributed by atoms with E-state index in [0.717, 1.165) is 29.7 Å². The number of aliphatic hydroxyl groups excluding tert-OH is 1. The summed E-state index contributed by atoms with van der Waals surface area (Å²) in [5.74, 6) is 0. The molecule has 0 spiro atoms. The summed E-state index contributed by atoms with van der Waals surface area (Å²) in [7, 11) is 0. The lowest BCUT2D eigenvalue weighted by atomic mass is 10.0. The molecule has 3 nitrogen and oxygen atoms in total. The topological polar surface area (TPSA) is 72.3 Å². The van der Waals surface area contributed by atoms with Gasteiger partial charge < -0.3 is 16.6 Å². The van der Waals surface area contributed by atoms with Gasteiger partial charge in [-0.3, -0.25) is 0 Å². The Kier molecular flexibility index (Phi) is 8.46. The highest BCUT2D eigenvalue weighted by Crippen LogP contribution is 2.15. The summed E-state index contributed by atoms with van der Waals surface area (Å²) in [4.78, 5) is 0. The van der Waals surface area contributed by atoms with Gasteiger partial charge in [0.2, 0.25) is 0 Å². The van der Waals surface area contributed by atoms with E-state index in [1.165, 1.54) is 0 Å². The van der Waals surface area contributed by atoms with Crippen molar-refractivity contribution in [3.05, 3.63) is 29.3 Å². The molecule has 1 atom stereocenters. The van der Waals surface area contributed by atoms with Crippen LogP contribution in [-0.4, -0.2) is 11.2 Å². The highest BCUT2D eigenvalue weighted by Gasteiger charge is 2.05. The van der Waals surface area contributed by atoms with Gasteiger partial charge >= 0.3 is 0 Å². The first-order valence-corrected chi connectivity index (χ1v) is 6.42. The first kappa shape index (κ1) is 15.9. The van der Waals surface area contributed by atoms with E-state index in [-0.39, 0.29) is 6.10 Å². The molecule has 1 unspecified atom stereocenters. The predicted molar refractivity (Wildman–Crippen MR) is 74.7 cm³/mol. The fraction of sp³-hybridized carbons (Fsp3) is 0.571. The molecule has 0 amide bonds. The van der Waals surface area contributed by atoms with E-state index in [4.69, 9.17) is 11.5 Å². The van der Waals surface area contributed by atoms with Crippen LogP contribution >= 0.6 is 0 Å². The van der Waals surface area contributed by atoms with E-state index in [2.05, 4.69) is 6.92 Å². The van der Waals surface area contributed by atoms with Crippen LogP contribution in [-0.2, 0) is 13.0 Å². The minimum Gasteiger partial charge on any atom is -0.398 e. The smallest absolute Gasteiger partial charge is 0.0580 e. The zero-order chi connectivity index (χ0) is 13.3. The van der Waals surface area contributed by atoms with Crippen LogP contribution in [0.1, 0.15) is 44.7 Å². The minimum atomic E-state index is -0.260. The predicted octanol–water partition coefficient (Wildman–Crippen LogP) is 2.46. The third-order valence-corrected chi connectivity index (χ3v) is 2.52. The lowest BCUT2D eigenvalue weighted by Gasteiger charge is -2.11. The molecule has 0 radical (unpaired) electrons. The molecule has 0 heterocycles. The molecule has 3 heteroatoms. The number of rotatable bonds is 5. The zero-order valence-electron chi connectivity index (χ0n) is 11.2. The molecule has 0 aromatic heterocycles. The largest absolute Gasteiger partial charge is 0.398 e. The molecule has 5 N–H and O–H groups in total. The molecule has 0 aliphatic rings. The number of anilines is 1. The van der Waals surface area contributed by atoms with Crippen molar-refractivity contribution < 1.29 is 5.11 Å². The van der Waals surface area contributed by atoms with Crippen molar-refractivity contribution in [2.75, 3.05) is 5.73 Å². The molecule has 1 aromatic rings. The quantitative estimate of drug-likeness (QED) is 0.690. The molecule has 98 valence electrons. The number of nitrogen functional groups attached to an aromatic ring is 1. The molecular weight excluding hydrogens is 212 g/mol. The van der Waals surface area contributed by atoms with Crippen LogP contribution in [0.25, 0.3) is 0 Å². The Hall–Kier alpha value is -1.06. The van der Waals surface area contributed by atoms with E-state index in [9.17, 15) is 5.11 Å². The molecular formula is C14H26N2O. The van der Waals surface area contributed by atoms with Crippen LogP contribution in [0.15, 0.2) is 18.2 Å². The van der Waals surface area contributed by atoms with Gasteiger partial charge in [-0.15, -0.1) is 0 Å². The van der Waals surface area contributed by atoms with Crippen molar-refractivity contribution in [1.82, 2.24) is 0 Å². The van der Waals surface area contributed by atoms with Gasteiger partial charge in [0.05, 0.1) is 6.10 Å². The van der Waals surface area contributed by atoms with Gasteiger partial charge in [0.1, 0.15) is 0 Å². The van der Waals surface area contributed by atoms with Crippen molar-refractivity contribution in [3.63, 3.8) is 0 Å². The second kappa shape index (κ2) is 9.02. The summed E-state index contributed by atoms with van der Waals surface area (Å²) in [6.07, 6.45) is 2.26. The number of benzene rings is 1. The summed E-state index contributed by atoms with van der Waals surface area (Å²) in [6, 6.07) is 5.79. The Balaban J connectivity index is 0.00000121. The molecule has 0 fully saturated rings. The molecule has 0 aliphatic heterocycles. The maximum atomic E-state index is 9.67. The second-order valence-electron chi connectivity index (χ2n) is 3.88. The first-order valence-electron chi connectivity index (χ1n) is 6.42. The van der Waals surface area contributed by atoms with Crippen LogP contribution in [0.4, 0.5) is 5.69 Å². The van der Waals surface area contributed by atoms with Crippen LogP contribution in [0.2, 0.25) is 0 Å². The van der Waals surface area contributed by atoms with Gasteiger partial charge in [-0.2, -0.15) is 0 Å². The molecule has 0 bridgehead atoms. The molecule has 17 heavy (non-hydrogen) atoms. The Morgan fingerprint density at radius 2 is 1.94 bits per heavy atom. The van der Waals surface area contributed by atoms with E-state index in [0.29, 0.717) is 13.0 Å². The molecule has 0 saturated carbocycles. The number of nitrogens with two attached hydrogens (primary N) is 2. The van der Waals surface area contributed by atoms with E-state index >= 15 is 0 Å². The molecule has 1 aromatic carbocycles. The number of hydrogen-bond donors (Lipinski definition) is 3. The van der Waals surface area contributed by atoms with Gasteiger partial charge in [0, 0.05) is 12.2 Å². The highest BCUT2D eigenvalue weighted by molar-refractivity contribution is 5.48. The lowest BCUT2D eigenvalue weighted by molar-refractivity contribution is 0.164. The fourth-order valence-corrected chi connectivity index (χ4v) is 1.67. The summed E-state index contributed by atoms with van der Waals surface area (Å²) in [5.41, 5.74) is 14.1. The van der Waals surface area contributed by atoms with Crippen LogP contribution < -0.4 is 11.5 Å². The summed E-state index contributed by atoms with van der Waals surface area (Å²) >= 11 is 0. The third kappa shape index (κ3) is 5.71. The minimum absolute atomic E-state index is 0.260. The van der Waals surface area contributed by atoms with E-state index < -0.39 is 0 Å². The molecule has 0 aliphatic carbocycles. The Labute approximate surface area is 105 Å². The molecule has 0 saturated heterocycles. The van der Waals surface area contributed by atoms with Gasteiger partial charge in [0.25, 0.3) is 0 Å². The van der Waals surface area contributed by atoms with Crippen molar-refractivity contribution in [3.8, 4) is 0 Å². The Morgan fingerprint density at radius 1 is 1.29 bits per heavy atom. The first-order chi connectivity index (χ1) is 8.17. The van der Waals surface area contributed by atoms with E-state index in [1.54, 1.807) is 0 Å². The standard InChI is InChI=1S/C12H20N2O.C2H6/c1-2-3-11(15)7-9-4-5-12(14)10(6-9)8-13;1-2/h4-6,11,15H,2-3,7-8,13-14H2,1H3;1-2H3. The fourth-order valence-electron chi connectivity index (χ4n) is 1.67. The normalized spacial score (nSPS) is 11.6. The zero-order valence-corrected chi connectivity index (χ0v) is 11.2. The summed E-state index contributed by atoms with van der Waals surface area (Å²) in [5, 5.41) is 9.67. The highest BCUT2D eigenvalue weighted by atomic mass is 16.3. The Bertz CT molecular complexity index is 313. The van der Waals surface area contributed by atoms with Crippen LogP contribution in [0.5, 0.6) is 0 Å². The number of aliphatic hydroxyl groups is 1. The maximum absolute atomic E-state index is 9.67. The molecule has 1 rings (SSSR count). The second-order valence-corrected chi connectivity index (χ2v) is 3.88. The lowest BCUT2D eigenvalue weighted by Crippen LogP contribution is -2.11. The average Bonchev–Trinajstić information content (AvgIpc) is 2.34. The third-order valence-electron chi connectivity index (χ3n) is 2.52. The summed E-state index contributed by atoms with van der Waals surface area (Å²) < 4.78 is 0.